The Kier molecular flexibility index (Phi) is 4.04. The lowest BCUT2D eigenvalue weighted by atomic mass is 10.2. The third-order valence-electron chi connectivity index (χ3n) is 3.82. The van der Waals surface area contributed by atoms with Crippen molar-refractivity contribution in [2.24, 2.45) is 0 Å². The molecule has 0 aliphatic rings. The number of hydrogen-bond acceptors (Lipinski definition) is 4. The maximum absolute atomic E-state index is 12.7. The summed E-state index contributed by atoms with van der Waals surface area (Å²) in [7, 11) is 3.11. The zero-order valence-electron chi connectivity index (χ0n) is 13.5. The molecule has 0 spiro atoms. The molecule has 0 radical (unpaired) electrons. The quantitative estimate of drug-likeness (QED) is 0.668. The van der Waals surface area contributed by atoms with Gasteiger partial charge in [0.25, 0.3) is 5.56 Å². The topological polar surface area (TPSA) is 64.3 Å². The molecule has 0 N–H and O–H groups in total. The second-order valence-corrected chi connectivity index (χ2v) is 5.66. The summed E-state index contributed by atoms with van der Waals surface area (Å²) in [5.74, 6) is 0. The molecule has 1 aromatic heterocycles. The van der Waals surface area contributed by atoms with E-state index in [1.54, 1.807) is 38.4 Å². The van der Waals surface area contributed by atoms with Crippen molar-refractivity contribution in [2.45, 2.75) is 6.54 Å². The summed E-state index contributed by atoms with van der Waals surface area (Å²) >= 11 is 0. The van der Waals surface area contributed by atoms with Crippen LogP contribution >= 0.6 is 0 Å². The third-order valence-corrected chi connectivity index (χ3v) is 3.82. The van der Waals surface area contributed by atoms with Gasteiger partial charge < -0.3 is 5.01 Å². The average Bonchev–Trinajstić information content (AvgIpc) is 2.66. The molecule has 0 aliphatic heterocycles. The molecule has 0 unspecified atom stereocenters. The number of aromatic nitrogens is 2. The Hall–Kier alpha value is -3.15. The van der Waals surface area contributed by atoms with Gasteiger partial charge in [0.05, 0.1) is 17.4 Å². The highest BCUT2D eigenvalue weighted by molar-refractivity contribution is 5.77. The summed E-state index contributed by atoms with van der Waals surface area (Å²) in [4.78, 5) is 38.0. The van der Waals surface area contributed by atoms with E-state index in [9.17, 15) is 14.4 Å². The lowest BCUT2D eigenvalue weighted by molar-refractivity contribution is 0.667. The van der Waals surface area contributed by atoms with Crippen LogP contribution in [-0.2, 0) is 6.54 Å². The lowest BCUT2D eigenvalue weighted by Crippen LogP contribution is -2.49. The molecule has 24 heavy (non-hydrogen) atoms. The molecule has 0 saturated heterocycles. The molecular formula is C18H17N3O3. The summed E-state index contributed by atoms with van der Waals surface area (Å²) in [5.41, 5.74) is -0.791. The molecule has 0 saturated carbocycles. The van der Waals surface area contributed by atoms with Crippen LogP contribution in [-0.4, -0.2) is 23.3 Å². The molecule has 3 rings (SSSR count). The SMILES string of the molecule is CN(C)n1c(=O)c(=O)n(Cc2ccccc2)c2ccccc2c1=O. The monoisotopic (exact) mass is 323 g/mol. The van der Waals surface area contributed by atoms with Crippen molar-refractivity contribution >= 4 is 10.9 Å². The highest BCUT2D eigenvalue weighted by Crippen LogP contribution is 2.09. The Morgan fingerprint density at radius 2 is 1.42 bits per heavy atom. The maximum Gasteiger partial charge on any atom is 0.338 e. The third kappa shape index (κ3) is 2.62. The van der Waals surface area contributed by atoms with Gasteiger partial charge in [0.1, 0.15) is 0 Å². The number of fused-ring (bicyclic) bond motifs is 1. The van der Waals surface area contributed by atoms with Crippen molar-refractivity contribution in [1.82, 2.24) is 9.24 Å². The molecule has 2 aromatic carbocycles. The Morgan fingerprint density at radius 3 is 2.08 bits per heavy atom. The number of nitrogens with zero attached hydrogens (tertiary/aromatic N) is 3. The molecule has 122 valence electrons. The van der Waals surface area contributed by atoms with Crippen molar-refractivity contribution in [1.29, 1.82) is 0 Å². The van der Waals surface area contributed by atoms with E-state index in [1.807, 2.05) is 30.3 Å². The predicted octanol–water partition coefficient (Wildman–Crippen LogP) is 0.769. The number of rotatable bonds is 3. The van der Waals surface area contributed by atoms with Crippen LogP contribution in [0, 0.1) is 0 Å². The van der Waals surface area contributed by atoms with Gasteiger partial charge in [0.2, 0.25) is 0 Å². The first-order chi connectivity index (χ1) is 11.5. The van der Waals surface area contributed by atoms with Gasteiger partial charge in [0.15, 0.2) is 0 Å². The van der Waals surface area contributed by atoms with Crippen LogP contribution in [0.15, 0.2) is 69.0 Å². The van der Waals surface area contributed by atoms with Crippen molar-refractivity contribution in [2.75, 3.05) is 19.1 Å². The van der Waals surface area contributed by atoms with Crippen molar-refractivity contribution in [3.05, 3.63) is 91.2 Å². The van der Waals surface area contributed by atoms with E-state index in [1.165, 1.54) is 9.58 Å². The van der Waals surface area contributed by atoms with Gasteiger partial charge in [-0.2, -0.15) is 4.68 Å². The van der Waals surface area contributed by atoms with Gasteiger partial charge in [-0.1, -0.05) is 42.5 Å². The minimum absolute atomic E-state index is 0.219. The highest BCUT2D eigenvalue weighted by atomic mass is 16.2. The molecule has 0 atom stereocenters. The van der Waals surface area contributed by atoms with Crippen LogP contribution in [0.4, 0.5) is 0 Å². The van der Waals surface area contributed by atoms with Crippen LogP contribution in [0.2, 0.25) is 0 Å². The Labute approximate surface area is 137 Å². The van der Waals surface area contributed by atoms with Gasteiger partial charge in [-0.3, -0.25) is 19.0 Å². The Balaban J connectivity index is 2.46. The number of hydrogen-bond donors (Lipinski definition) is 0. The fourth-order valence-corrected chi connectivity index (χ4v) is 2.70. The smallest absolute Gasteiger partial charge is 0.313 e. The summed E-state index contributed by atoms with van der Waals surface area (Å²) in [6, 6.07) is 16.1. The first-order valence-electron chi connectivity index (χ1n) is 7.51. The van der Waals surface area contributed by atoms with Crippen LogP contribution in [0.3, 0.4) is 0 Å². The molecule has 3 aromatic rings. The van der Waals surface area contributed by atoms with Crippen LogP contribution in [0.1, 0.15) is 5.56 Å². The van der Waals surface area contributed by atoms with Crippen LogP contribution in [0.5, 0.6) is 0 Å². The summed E-state index contributed by atoms with van der Waals surface area (Å²) in [6.07, 6.45) is 0. The average molecular weight is 323 g/mol. The minimum Gasteiger partial charge on any atom is -0.313 e. The molecule has 0 bridgehead atoms. The second-order valence-electron chi connectivity index (χ2n) is 5.66. The zero-order chi connectivity index (χ0) is 17.3. The fourth-order valence-electron chi connectivity index (χ4n) is 2.70. The standard InChI is InChI=1S/C18H17N3O3/c1-19(2)21-16(22)14-10-6-7-11-15(14)20(17(23)18(21)24)12-13-8-4-3-5-9-13/h3-11H,12H2,1-2H3. The largest absolute Gasteiger partial charge is 0.338 e. The minimum atomic E-state index is -0.864. The summed E-state index contributed by atoms with van der Waals surface area (Å²) < 4.78 is 2.22. The van der Waals surface area contributed by atoms with Crippen LogP contribution in [0.25, 0.3) is 10.9 Å². The van der Waals surface area contributed by atoms with Gasteiger partial charge in [-0.05, 0) is 17.7 Å². The Bertz CT molecular complexity index is 1070. The van der Waals surface area contributed by atoms with E-state index in [2.05, 4.69) is 0 Å². The first kappa shape index (κ1) is 15.7. The van der Waals surface area contributed by atoms with E-state index in [4.69, 9.17) is 0 Å². The zero-order valence-corrected chi connectivity index (χ0v) is 13.5. The molecular weight excluding hydrogens is 306 g/mol. The number of benzene rings is 2. The lowest BCUT2D eigenvalue weighted by Gasteiger charge is -2.11. The highest BCUT2D eigenvalue weighted by Gasteiger charge is 2.14. The van der Waals surface area contributed by atoms with Crippen molar-refractivity contribution in [3.8, 4) is 0 Å². The molecule has 0 amide bonds. The second kappa shape index (κ2) is 6.16. The van der Waals surface area contributed by atoms with Crippen molar-refractivity contribution in [3.63, 3.8) is 0 Å². The normalized spacial score (nSPS) is 10.8. The van der Waals surface area contributed by atoms with E-state index in [0.717, 1.165) is 10.2 Å². The molecule has 0 fully saturated rings. The van der Waals surface area contributed by atoms with Crippen molar-refractivity contribution < 1.29 is 0 Å². The summed E-state index contributed by atoms with van der Waals surface area (Å²) in [5, 5.41) is 1.65. The molecule has 6 heteroatoms. The maximum atomic E-state index is 12.7. The van der Waals surface area contributed by atoms with E-state index in [0.29, 0.717) is 10.9 Å². The Morgan fingerprint density at radius 1 is 0.792 bits per heavy atom. The summed E-state index contributed by atoms with van der Waals surface area (Å²) in [6.45, 7) is 0.219. The first-order valence-corrected chi connectivity index (χ1v) is 7.51. The molecule has 1 heterocycles. The van der Waals surface area contributed by atoms with E-state index >= 15 is 0 Å². The van der Waals surface area contributed by atoms with Crippen LogP contribution < -0.4 is 21.7 Å². The van der Waals surface area contributed by atoms with Gasteiger partial charge in [-0.15, -0.1) is 0 Å². The molecule has 0 aliphatic carbocycles. The predicted molar refractivity (Wildman–Crippen MR) is 94.3 cm³/mol. The van der Waals surface area contributed by atoms with E-state index < -0.39 is 16.7 Å². The van der Waals surface area contributed by atoms with E-state index in [-0.39, 0.29) is 6.54 Å². The molecule has 6 nitrogen and oxygen atoms in total. The van der Waals surface area contributed by atoms with Gasteiger partial charge >= 0.3 is 11.1 Å². The number of para-hydroxylation sites is 1. The van der Waals surface area contributed by atoms with Gasteiger partial charge in [-0.25, -0.2) is 0 Å². The van der Waals surface area contributed by atoms with Gasteiger partial charge in [0, 0.05) is 14.1 Å². The fraction of sp³-hybridized carbons (Fsp3) is 0.167.